The normalized spacial score (nSPS) is 10.7. The molecule has 6 nitrogen and oxygen atoms in total. The Balaban J connectivity index is 2.39. The third-order valence-corrected chi connectivity index (χ3v) is 3.39. The molecule has 1 amide bonds. The second kappa shape index (κ2) is 4.96. The molecular formula is C14H17N3O3. The Bertz CT molecular complexity index is 670. The highest BCUT2D eigenvalue weighted by molar-refractivity contribution is 6.05. The molecule has 0 atom stereocenters. The Kier molecular flexibility index (Phi) is 3.48. The molecule has 106 valence electrons. The maximum atomic E-state index is 12.3. The van der Waals surface area contributed by atoms with Crippen LogP contribution in [-0.2, 0) is 0 Å². The number of aryl methyl sites for hydroxylation is 3. The highest BCUT2D eigenvalue weighted by Gasteiger charge is 2.20. The average Bonchev–Trinajstić information content (AvgIpc) is 2.73. The molecule has 0 aliphatic carbocycles. The van der Waals surface area contributed by atoms with E-state index in [0.717, 1.165) is 5.56 Å². The summed E-state index contributed by atoms with van der Waals surface area (Å²) in [5.74, 6) is 0.729. The fraction of sp³-hybridized carbons (Fsp3) is 0.357. The third-order valence-electron chi connectivity index (χ3n) is 3.39. The van der Waals surface area contributed by atoms with Crippen molar-refractivity contribution in [3.05, 3.63) is 33.8 Å². The minimum atomic E-state index is -0.318. The van der Waals surface area contributed by atoms with Crippen LogP contribution in [-0.4, -0.2) is 21.2 Å². The number of aromatic hydroxyl groups is 1. The number of aromatic nitrogens is 2. The van der Waals surface area contributed by atoms with Gasteiger partial charge in [-0.05, 0) is 45.7 Å². The van der Waals surface area contributed by atoms with Crippen molar-refractivity contribution >= 4 is 11.7 Å². The van der Waals surface area contributed by atoms with E-state index in [0.29, 0.717) is 34.1 Å². The van der Waals surface area contributed by atoms with Gasteiger partial charge in [-0.1, -0.05) is 5.16 Å². The standard InChI is InChI=1S/C14H17N3O3/c1-6-7(2)13(15-9(4)12(6)18)16-14(19)11-8(3)17-20-10(11)5/h18H,1-5H3,(H,15,16,19). The van der Waals surface area contributed by atoms with Crippen molar-refractivity contribution in [3.63, 3.8) is 0 Å². The van der Waals surface area contributed by atoms with Gasteiger partial charge in [0.2, 0.25) is 0 Å². The number of nitrogens with zero attached hydrogens (tertiary/aromatic N) is 2. The molecule has 6 heteroatoms. The van der Waals surface area contributed by atoms with Crippen LogP contribution < -0.4 is 5.32 Å². The van der Waals surface area contributed by atoms with Gasteiger partial charge in [-0.25, -0.2) is 4.98 Å². The Hall–Kier alpha value is -2.37. The maximum absolute atomic E-state index is 12.3. The van der Waals surface area contributed by atoms with E-state index < -0.39 is 0 Å². The van der Waals surface area contributed by atoms with Crippen LogP contribution in [0.3, 0.4) is 0 Å². The van der Waals surface area contributed by atoms with Crippen LogP contribution in [0.4, 0.5) is 5.82 Å². The fourth-order valence-electron chi connectivity index (χ4n) is 2.03. The first-order valence-corrected chi connectivity index (χ1v) is 6.24. The molecule has 0 fully saturated rings. The van der Waals surface area contributed by atoms with Gasteiger partial charge in [0.25, 0.3) is 5.91 Å². The zero-order valence-electron chi connectivity index (χ0n) is 12.2. The first-order valence-electron chi connectivity index (χ1n) is 6.24. The average molecular weight is 275 g/mol. The summed E-state index contributed by atoms with van der Waals surface area (Å²) < 4.78 is 4.98. The molecule has 0 unspecified atom stereocenters. The van der Waals surface area contributed by atoms with E-state index in [4.69, 9.17) is 4.52 Å². The van der Waals surface area contributed by atoms with Gasteiger partial charge < -0.3 is 14.9 Å². The molecule has 2 aromatic rings. The molecule has 0 aromatic carbocycles. The third kappa shape index (κ3) is 2.24. The molecule has 0 aliphatic rings. The van der Waals surface area contributed by atoms with Gasteiger partial charge in [-0.2, -0.15) is 0 Å². The molecule has 0 bridgehead atoms. The predicted octanol–water partition coefficient (Wildman–Crippen LogP) is 2.57. The zero-order valence-corrected chi connectivity index (χ0v) is 12.2. The minimum Gasteiger partial charge on any atom is -0.506 e. The SMILES string of the molecule is Cc1nc(NC(=O)c2c(C)noc2C)c(C)c(C)c1O. The highest BCUT2D eigenvalue weighted by Crippen LogP contribution is 2.28. The van der Waals surface area contributed by atoms with E-state index >= 15 is 0 Å². The van der Waals surface area contributed by atoms with E-state index in [1.54, 1.807) is 34.6 Å². The van der Waals surface area contributed by atoms with Gasteiger partial charge in [-0.15, -0.1) is 0 Å². The lowest BCUT2D eigenvalue weighted by molar-refractivity contribution is 0.102. The lowest BCUT2D eigenvalue weighted by Gasteiger charge is -2.12. The topological polar surface area (TPSA) is 88.3 Å². The van der Waals surface area contributed by atoms with Crippen LogP contribution in [0.5, 0.6) is 5.75 Å². The van der Waals surface area contributed by atoms with Crippen molar-refractivity contribution in [2.24, 2.45) is 0 Å². The number of hydrogen-bond acceptors (Lipinski definition) is 5. The predicted molar refractivity (Wildman–Crippen MR) is 74.0 cm³/mol. The second-order valence-corrected chi connectivity index (χ2v) is 4.80. The molecular weight excluding hydrogens is 258 g/mol. The van der Waals surface area contributed by atoms with E-state index in [-0.39, 0.29) is 11.7 Å². The number of anilines is 1. The molecule has 0 aliphatic heterocycles. The van der Waals surface area contributed by atoms with Gasteiger partial charge in [0.05, 0.1) is 11.4 Å². The number of pyridine rings is 1. The molecule has 2 N–H and O–H groups in total. The van der Waals surface area contributed by atoms with Crippen molar-refractivity contribution in [2.45, 2.75) is 34.6 Å². The van der Waals surface area contributed by atoms with Crippen LogP contribution in [0.25, 0.3) is 0 Å². The van der Waals surface area contributed by atoms with E-state index in [9.17, 15) is 9.90 Å². The van der Waals surface area contributed by atoms with Crippen LogP contribution in [0.15, 0.2) is 4.52 Å². The number of carbonyl (C=O) groups excluding carboxylic acids is 1. The van der Waals surface area contributed by atoms with Crippen molar-refractivity contribution in [1.29, 1.82) is 0 Å². The largest absolute Gasteiger partial charge is 0.506 e. The highest BCUT2D eigenvalue weighted by atomic mass is 16.5. The Morgan fingerprint density at radius 1 is 1.10 bits per heavy atom. The summed E-state index contributed by atoms with van der Waals surface area (Å²) in [5, 5.41) is 16.3. The summed E-state index contributed by atoms with van der Waals surface area (Å²) in [6, 6.07) is 0. The first kappa shape index (κ1) is 14.0. The van der Waals surface area contributed by atoms with Gasteiger partial charge in [0, 0.05) is 0 Å². The molecule has 0 saturated heterocycles. The van der Waals surface area contributed by atoms with Crippen molar-refractivity contribution < 1.29 is 14.4 Å². The Labute approximate surface area is 116 Å². The molecule has 0 radical (unpaired) electrons. The lowest BCUT2D eigenvalue weighted by atomic mass is 10.1. The van der Waals surface area contributed by atoms with E-state index in [2.05, 4.69) is 15.5 Å². The van der Waals surface area contributed by atoms with Crippen molar-refractivity contribution in [2.75, 3.05) is 5.32 Å². The molecule has 20 heavy (non-hydrogen) atoms. The minimum absolute atomic E-state index is 0.151. The summed E-state index contributed by atoms with van der Waals surface area (Å²) in [6.07, 6.45) is 0. The first-order chi connectivity index (χ1) is 9.32. The summed E-state index contributed by atoms with van der Waals surface area (Å²) in [7, 11) is 0. The van der Waals surface area contributed by atoms with E-state index in [1.807, 2.05) is 0 Å². The molecule has 2 aromatic heterocycles. The summed E-state index contributed by atoms with van der Waals surface area (Å²) in [4.78, 5) is 16.5. The molecule has 0 spiro atoms. The zero-order chi connectivity index (χ0) is 15.0. The fourth-order valence-corrected chi connectivity index (χ4v) is 2.03. The summed E-state index contributed by atoms with van der Waals surface area (Å²) in [5.41, 5.74) is 2.85. The monoisotopic (exact) mass is 275 g/mol. The van der Waals surface area contributed by atoms with Crippen molar-refractivity contribution in [1.82, 2.24) is 10.1 Å². The number of carbonyl (C=O) groups is 1. The number of hydrogen-bond donors (Lipinski definition) is 2. The van der Waals surface area contributed by atoms with Crippen LogP contribution >= 0.6 is 0 Å². The Morgan fingerprint density at radius 2 is 1.75 bits per heavy atom. The molecule has 2 rings (SSSR count). The summed E-state index contributed by atoms with van der Waals surface area (Å²) >= 11 is 0. The Morgan fingerprint density at radius 3 is 2.30 bits per heavy atom. The maximum Gasteiger partial charge on any atom is 0.262 e. The van der Waals surface area contributed by atoms with Gasteiger partial charge >= 0.3 is 0 Å². The van der Waals surface area contributed by atoms with Gasteiger partial charge in [0.1, 0.15) is 22.9 Å². The smallest absolute Gasteiger partial charge is 0.262 e. The quantitative estimate of drug-likeness (QED) is 0.879. The summed E-state index contributed by atoms with van der Waals surface area (Å²) in [6.45, 7) is 8.66. The number of amides is 1. The van der Waals surface area contributed by atoms with Gasteiger partial charge in [0.15, 0.2) is 0 Å². The van der Waals surface area contributed by atoms with Crippen LogP contribution in [0.2, 0.25) is 0 Å². The lowest BCUT2D eigenvalue weighted by Crippen LogP contribution is -2.16. The van der Waals surface area contributed by atoms with Crippen LogP contribution in [0, 0.1) is 34.6 Å². The molecule has 2 heterocycles. The van der Waals surface area contributed by atoms with Gasteiger partial charge in [-0.3, -0.25) is 4.79 Å². The van der Waals surface area contributed by atoms with E-state index in [1.165, 1.54) is 0 Å². The molecule has 0 saturated carbocycles. The second-order valence-electron chi connectivity index (χ2n) is 4.80. The van der Waals surface area contributed by atoms with Crippen molar-refractivity contribution in [3.8, 4) is 5.75 Å². The number of nitrogens with one attached hydrogen (secondary N) is 1. The number of rotatable bonds is 2. The van der Waals surface area contributed by atoms with Crippen LogP contribution in [0.1, 0.15) is 38.6 Å².